The summed E-state index contributed by atoms with van der Waals surface area (Å²) in [5.41, 5.74) is 4.23. The molecular weight excluding hydrogens is 277 g/mol. The summed E-state index contributed by atoms with van der Waals surface area (Å²) in [6.07, 6.45) is 0. The lowest BCUT2D eigenvalue weighted by Crippen LogP contribution is -2.04. The Morgan fingerprint density at radius 1 is 1.25 bits per heavy atom. The third-order valence-electron chi connectivity index (χ3n) is 2.34. The van der Waals surface area contributed by atoms with Crippen LogP contribution in [0.5, 0.6) is 0 Å². The van der Waals surface area contributed by atoms with Crippen molar-refractivity contribution in [1.82, 2.24) is 4.98 Å². The molecule has 0 fully saturated rings. The molecule has 0 atom stereocenters. The molecule has 2 aromatic rings. The SMILES string of the molecule is Nc1ccc([N+](=O)[O-])c(Nc2cc(F)cc(F)c2F)n1. The first kappa shape index (κ1) is 13.6. The summed E-state index contributed by atoms with van der Waals surface area (Å²) >= 11 is 0. The third kappa shape index (κ3) is 2.60. The van der Waals surface area contributed by atoms with E-state index in [1.54, 1.807) is 0 Å². The van der Waals surface area contributed by atoms with Crippen LogP contribution in [-0.2, 0) is 0 Å². The zero-order chi connectivity index (χ0) is 14.9. The molecule has 20 heavy (non-hydrogen) atoms. The van der Waals surface area contributed by atoms with Gasteiger partial charge in [-0.25, -0.2) is 18.2 Å². The van der Waals surface area contributed by atoms with Crippen molar-refractivity contribution in [3.05, 3.63) is 51.8 Å². The van der Waals surface area contributed by atoms with Crippen LogP contribution in [-0.4, -0.2) is 9.91 Å². The van der Waals surface area contributed by atoms with Gasteiger partial charge in [0.25, 0.3) is 0 Å². The topological polar surface area (TPSA) is 94.1 Å². The molecule has 0 amide bonds. The minimum Gasteiger partial charge on any atom is -0.384 e. The molecule has 0 radical (unpaired) electrons. The Morgan fingerprint density at radius 2 is 1.95 bits per heavy atom. The Kier molecular flexibility index (Phi) is 3.42. The standard InChI is InChI=1S/C11H7F3N4O2/c12-5-3-6(13)10(14)7(4-5)16-11-8(18(19)20)1-2-9(15)17-11/h1-4H,(H3,15,16,17). The van der Waals surface area contributed by atoms with Crippen LogP contribution in [0, 0.1) is 27.6 Å². The van der Waals surface area contributed by atoms with E-state index >= 15 is 0 Å². The lowest BCUT2D eigenvalue weighted by Gasteiger charge is -2.08. The number of aromatic nitrogens is 1. The summed E-state index contributed by atoms with van der Waals surface area (Å²) in [6.45, 7) is 0. The van der Waals surface area contributed by atoms with Gasteiger partial charge < -0.3 is 11.1 Å². The number of nitrogens with one attached hydrogen (secondary N) is 1. The van der Waals surface area contributed by atoms with E-state index in [0.717, 1.165) is 6.07 Å². The van der Waals surface area contributed by atoms with Crippen LogP contribution < -0.4 is 11.1 Å². The molecule has 104 valence electrons. The fraction of sp³-hybridized carbons (Fsp3) is 0. The monoisotopic (exact) mass is 284 g/mol. The van der Waals surface area contributed by atoms with Gasteiger partial charge >= 0.3 is 5.69 Å². The van der Waals surface area contributed by atoms with Crippen LogP contribution in [0.25, 0.3) is 0 Å². The molecule has 0 spiro atoms. The molecule has 9 heteroatoms. The van der Waals surface area contributed by atoms with Gasteiger partial charge in [-0.15, -0.1) is 0 Å². The van der Waals surface area contributed by atoms with E-state index in [2.05, 4.69) is 10.3 Å². The fourth-order valence-electron chi connectivity index (χ4n) is 1.48. The second-order valence-corrected chi connectivity index (χ2v) is 3.74. The summed E-state index contributed by atoms with van der Waals surface area (Å²) in [7, 11) is 0. The number of pyridine rings is 1. The number of nitrogens with two attached hydrogens (primary N) is 1. The maximum absolute atomic E-state index is 13.5. The summed E-state index contributed by atoms with van der Waals surface area (Å²) in [6, 6.07) is 3.21. The quantitative estimate of drug-likeness (QED) is 0.513. The first-order valence-electron chi connectivity index (χ1n) is 5.21. The number of nitrogen functional groups attached to an aromatic ring is 1. The van der Waals surface area contributed by atoms with Gasteiger partial charge in [-0.2, -0.15) is 0 Å². The number of hydrogen-bond acceptors (Lipinski definition) is 5. The Balaban J connectivity index is 2.50. The van der Waals surface area contributed by atoms with Crippen molar-refractivity contribution < 1.29 is 18.1 Å². The second kappa shape index (κ2) is 5.03. The largest absolute Gasteiger partial charge is 0.384 e. The molecule has 0 unspecified atom stereocenters. The van der Waals surface area contributed by atoms with Gasteiger partial charge in [0.05, 0.1) is 10.6 Å². The highest BCUT2D eigenvalue weighted by Gasteiger charge is 2.19. The zero-order valence-electron chi connectivity index (χ0n) is 9.73. The maximum Gasteiger partial charge on any atom is 0.311 e. The van der Waals surface area contributed by atoms with Crippen LogP contribution in [0.2, 0.25) is 0 Å². The number of benzene rings is 1. The molecule has 1 aromatic carbocycles. The van der Waals surface area contributed by atoms with Crippen molar-refractivity contribution >= 4 is 23.0 Å². The molecule has 0 aliphatic heterocycles. The Labute approximate surface area is 110 Å². The van der Waals surface area contributed by atoms with Crippen molar-refractivity contribution in [3.63, 3.8) is 0 Å². The zero-order valence-corrected chi connectivity index (χ0v) is 9.73. The van der Waals surface area contributed by atoms with Crippen LogP contribution in [0.4, 0.5) is 36.2 Å². The van der Waals surface area contributed by atoms with Gasteiger partial charge in [0.2, 0.25) is 5.82 Å². The Hall–Kier alpha value is -2.84. The predicted molar refractivity (Wildman–Crippen MR) is 64.9 cm³/mol. The molecule has 3 N–H and O–H groups in total. The molecule has 0 saturated heterocycles. The van der Waals surface area contributed by atoms with E-state index in [-0.39, 0.29) is 5.82 Å². The molecule has 0 aliphatic carbocycles. The Morgan fingerprint density at radius 3 is 2.60 bits per heavy atom. The van der Waals surface area contributed by atoms with Crippen LogP contribution in [0.15, 0.2) is 24.3 Å². The summed E-state index contributed by atoms with van der Waals surface area (Å²) < 4.78 is 39.5. The lowest BCUT2D eigenvalue weighted by atomic mass is 10.2. The van der Waals surface area contributed by atoms with Gasteiger partial charge in [0.1, 0.15) is 11.6 Å². The van der Waals surface area contributed by atoms with Crippen LogP contribution in [0.3, 0.4) is 0 Å². The van der Waals surface area contributed by atoms with Gasteiger partial charge in [-0.3, -0.25) is 10.1 Å². The number of nitrogens with zero attached hydrogens (tertiary/aromatic N) is 2. The van der Waals surface area contributed by atoms with Gasteiger partial charge in [0, 0.05) is 18.2 Å². The summed E-state index contributed by atoms with van der Waals surface area (Å²) in [5.74, 6) is -4.35. The molecule has 1 heterocycles. The average molecular weight is 284 g/mol. The van der Waals surface area contributed by atoms with E-state index in [0.29, 0.717) is 12.1 Å². The van der Waals surface area contributed by atoms with Crippen LogP contribution >= 0.6 is 0 Å². The average Bonchev–Trinajstić information content (AvgIpc) is 2.35. The summed E-state index contributed by atoms with van der Waals surface area (Å²) in [5, 5.41) is 12.9. The second-order valence-electron chi connectivity index (χ2n) is 3.74. The van der Waals surface area contributed by atoms with Crippen molar-refractivity contribution in [1.29, 1.82) is 0 Å². The van der Waals surface area contributed by atoms with E-state index in [1.165, 1.54) is 6.07 Å². The molecule has 1 aromatic heterocycles. The minimum atomic E-state index is -1.43. The van der Waals surface area contributed by atoms with Gasteiger partial charge in [-0.1, -0.05) is 0 Å². The number of nitro groups is 1. The highest BCUT2D eigenvalue weighted by atomic mass is 19.2. The fourth-order valence-corrected chi connectivity index (χ4v) is 1.48. The number of rotatable bonds is 3. The molecule has 2 rings (SSSR count). The van der Waals surface area contributed by atoms with Crippen molar-refractivity contribution in [2.75, 3.05) is 11.1 Å². The number of halogens is 3. The lowest BCUT2D eigenvalue weighted by molar-refractivity contribution is -0.384. The molecule has 6 nitrogen and oxygen atoms in total. The first-order valence-corrected chi connectivity index (χ1v) is 5.21. The highest BCUT2D eigenvalue weighted by molar-refractivity contribution is 5.67. The van der Waals surface area contributed by atoms with E-state index in [1.807, 2.05) is 0 Å². The van der Waals surface area contributed by atoms with E-state index in [4.69, 9.17) is 5.73 Å². The molecule has 0 bridgehead atoms. The molecule has 0 saturated carbocycles. The van der Waals surface area contributed by atoms with Crippen LogP contribution in [0.1, 0.15) is 0 Å². The number of anilines is 3. The predicted octanol–water partition coefficient (Wildman–Crippen LogP) is 2.73. The van der Waals surface area contributed by atoms with Crippen molar-refractivity contribution in [3.8, 4) is 0 Å². The van der Waals surface area contributed by atoms with Crippen molar-refractivity contribution in [2.24, 2.45) is 0 Å². The Bertz CT molecular complexity index is 694. The molecular formula is C11H7F3N4O2. The van der Waals surface area contributed by atoms with Gasteiger partial charge in [0.15, 0.2) is 11.6 Å². The van der Waals surface area contributed by atoms with E-state index < -0.39 is 39.6 Å². The third-order valence-corrected chi connectivity index (χ3v) is 2.34. The highest BCUT2D eigenvalue weighted by Crippen LogP contribution is 2.28. The smallest absolute Gasteiger partial charge is 0.311 e. The maximum atomic E-state index is 13.5. The van der Waals surface area contributed by atoms with Crippen molar-refractivity contribution in [2.45, 2.75) is 0 Å². The minimum absolute atomic E-state index is 0.0737. The first-order chi connectivity index (χ1) is 9.38. The normalized spacial score (nSPS) is 10.3. The van der Waals surface area contributed by atoms with Gasteiger partial charge in [-0.05, 0) is 6.07 Å². The number of hydrogen-bond donors (Lipinski definition) is 2. The van der Waals surface area contributed by atoms with E-state index in [9.17, 15) is 23.3 Å². The summed E-state index contributed by atoms with van der Waals surface area (Å²) in [4.78, 5) is 13.6. The molecule has 0 aliphatic rings.